The molecule has 4 heteroatoms. The summed E-state index contributed by atoms with van der Waals surface area (Å²) in [6.07, 6.45) is 5.31. The smallest absolute Gasteiger partial charge is 0.130 e. The van der Waals surface area contributed by atoms with Crippen LogP contribution in [0.5, 0.6) is 0 Å². The van der Waals surface area contributed by atoms with Crippen LogP contribution in [0, 0.1) is 4.64 Å². The van der Waals surface area contributed by atoms with Crippen molar-refractivity contribution in [3.8, 4) is 0 Å². The highest BCUT2D eigenvalue weighted by atomic mass is 32.1. The Hall–Kier alpha value is -1.55. The molecule has 21 heavy (non-hydrogen) atoms. The number of aryl methyl sites for hydroxylation is 1. The number of hydrogen-bond donors (Lipinski definition) is 1. The van der Waals surface area contributed by atoms with Crippen LogP contribution in [0.1, 0.15) is 62.3 Å². The van der Waals surface area contributed by atoms with Crippen molar-refractivity contribution in [3.63, 3.8) is 0 Å². The number of fused-ring (bicyclic) bond motifs is 1. The van der Waals surface area contributed by atoms with Crippen LogP contribution in [0.4, 0.5) is 0 Å². The van der Waals surface area contributed by atoms with E-state index in [0.29, 0.717) is 10.6 Å². The van der Waals surface area contributed by atoms with E-state index in [4.69, 9.17) is 12.2 Å². The summed E-state index contributed by atoms with van der Waals surface area (Å²) in [7, 11) is 0. The number of hydrogen-bond acceptors (Lipinski definition) is 3. The van der Waals surface area contributed by atoms with Gasteiger partial charge in [-0.1, -0.05) is 39.1 Å². The summed E-state index contributed by atoms with van der Waals surface area (Å²) in [6, 6.07) is 6.21. The average Bonchev–Trinajstić information content (AvgIpc) is 2.45. The van der Waals surface area contributed by atoms with Crippen molar-refractivity contribution in [1.82, 2.24) is 15.0 Å². The molecule has 3 nitrogen and oxygen atoms in total. The van der Waals surface area contributed by atoms with Gasteiger partial charge in [-0.3, -0.25) is 4.98 Å². The second kappa shape index (κ2) is 5.34. The molecule has 2 heterocycles. The maximum absolute atomic E-state index is 5.37. The number of nitrogens with zero attached hydrogens (tertiary/aromatic N) is 2. The van der Waals surface area contributed by atoms with Crippen molar-refractivity contribution in [2.75, 3.05) is 0 Å². The lowest BCUT2D eigenvalue weighted by molar-refractivity contribution is 0.527. The van der Waals surface area contributed by atoms with Crippen LogP contribution >= 0.6 is 12.2 Å². The lowest BCUT2D eigenvalue weighted by atomic mass is 9.84. The largest absolute Gasteiger partial charge is 0.346 e. The summed E-state index contributed by atoms with van der Waals surface area (Å²) < 4.78 is 0.664. The quantitative estimate of drug-likeness (QED) is 0.798. The Balaban J connectivity index is 2.10. The number of aromatic amines is 1. The van der Waals surface area contributed by atoms with Crippen molar-refractivity contribution in [3.05, 3.63) is 51.8 Å². The van der Waals surface area contributed by atoms with Crippen molar-refractivity contribution in [2.24, 2.45) is 0 Å². The summed E-state index contributed by atoms with van der Waals surface area (Å²) in [5.74, 6) is 1.26. The summed E-state index contributed by atoms with van der Waals surface area (Å²) in [4.78, 5) is 12.6. The third kappa shape index (κ3) is 2.91. The van der Waals surface area contributed by atoms with Crippen molar-refractivity contribution in [1.29, 1.82) is 0 Å². The minimum absolute atomic E-state index is 0.0365. The summed E-state index contributed by atoms with van der Waals surface area (Å²) >= 11 is 5.37. The number of rotatable bonds is 1. The number of nitrogens with one attached hydrogen (secondary N) is 1. The average molecular weight is 299 g/mol. The first-order chi connectivity index (χ1) is 9.95. The van der Waals surface area contributed by atoms with Gasteiger partial charge < -0.3 is 4.98 Å². The van der Waals surface area contributed by atoms with Crippen LogP contribution in [0.15, 0.2) is 24.4 Å². The second-order valence-electron chi connectivity index (χ2n) is 6.77. The van der Waals surface area contributed by atoms with Gasteiger partial charge in [0.2, 0.25) is 0 Å². The summed E-state index contributed by atoms with van der Waals surface area (Å²) in [5, 5.41) is 0. The molecule has 1 aliphatic rings. The third-order valence-electron chi connectivity index (χ3n) is 4.04. The van der Waals surface area contributed by atoms with E-state index < -0.39 is 0 Å². The van der Waals surface area contributed by atoms with Gasteiger partial charge in [0.25, 0.3) is 0 Å². The first-order valence-corrected chi connectivity index (χ1v) is 7.91. The lowest BCUT2D eigenvalue weighted by Crippen LogP contribution is -2.20. The molecule has 0 saturated heterocycles. The van der Waals surface area contributed by atoms with Crippen LogP contribution in [-0.4, -0.2) is 15.0 Å². The van der Waals surface area contributed by atoms with Crippen LogP contribution in [0.3, 0.4) is 0 Å². The van der Waals surface area contributed by atoms with Crippen LogP contribution in [0.2, 0.25) is 0 Å². The highest BCUT2D eigenvalue weighted by Gasteiger charge is 2.25. The fourth-order valence-electron chi connectivity index (χ4n) is 2.93. The fourth-order valence-corrected chi connectivity index (χ4v) is 3.15. The fraction of sp³-hybridized carbons (Fsp3) is 0.471. The highest BCUT2D eigenvalue weighted by molar-refractivity contribution is 7.71. The number of pyridine rings is 1. The number of H-pyrrole nitrogens is 1. The third-order valence-corrected chi connectivity index (χ3v) is 4.25. The SMILES string of the molecule is CC(C)(C)c1nc(=S)cc(C2CCCc3cccnc32)[nH]1. The Morgan fingerprint density at radius 1 is 1.33 bits per heavy atom. The molecule has 2 aromatic rings. The molecule has 0 aromatic carbocycles. The molecule has 1 atom stereocenters. The maximum Gasteiger partial charge on any atom is 0.130 e. The molecular formula is C17H21N3S. The minimum atomic E-state index is -0.0365. The van der Waals surface area contributed by atoms with E-state index in [-0.39, 0.29) is 5.41 Å². The van der Waals surface area contributed by atoms with Gasteiger partial charge in [0.15, 0.2) is 0 Å². The molecule has 0 spiro atoms. The Morgan fingerprint density at radius 2 is 2.14 bits per heavy atom. The van der Waals surface area contributed by atoms with Crippen LogP contribution in [-0.2, 0) is 11.8 Å². The first kappa shape index (κ1) is 14.4. The van der Waals surface area contributed by atoms with Gasteiger partial charge in [-0.15, -0.1) is 0 Å². The van der Waals surface area contributed by atoms with Crippen molar-refractivity contribution < 1.29 is 0 Å². The Morgan fingerprint density at radius 3 is 2.90 bits per heavy atom. The summed E-state index contributed by atoms with van der Waals surface area (Å²) in [6.45, 7) is 6.45. The second-order valence-corrected chi connectivity index (χ2v) is 7.18. The zero-order chi connectivity index (χ0) is 15.0. The molecule has 0 amide bonds. The maximum atomic E-state index is 5.37. The number of aromatic nitrogens is 3. The van der Waals surface area contributed by atoms with E-state index >= 15 is 0 Å². The molecule has 3 rings (SSSR count). The lowest BCUT2D eigenvalue weighted by Gasteiger charge is -2.26. The van der Waals surface area contributed by atoms with Crippen molar-refractivity contribution >= 4 is 12.2 Å². The first-order valence-electron chi connectivity index (χ1n) is 7.50. The predicted octanol–water partition coefficient (Wildman–Crippen LogP) is 4.30. The molecule has 1 N–H and O–H groups in total. The zero-order valence-corrected chi connectivity index (χ0v) is 13.6. The predicted molar refractivity (Wildman–Crippen MR) is 87.1 cm³/mol. The van der Waals surface area contributed by atoms with Crippen molar-refractivity contribution in [2.45, 2.75) is 51.4 Å². The molecule has 0 saturated carbocycles. The Kier molecular flexibility index (Phi) is 3.66. The van der Waals surface area contributed by atoms with E-state index in [2.05, 4.69) is 41.8 Å². The minimum Gasteiger partial charge on any atom is -0.346 e. The van der Waals surface area contributed by atoms with E-state index in [0.717, 1.165) is 24.4 Å². The standard InChI is InChI=1S/C17H21N3S/c1-17(2,3)16-19-13(10-14(21)20-16)12-8-4-6-11-7-5-9-18-15(11)12/h5,7,9-10,12H,4,6,8H2,1-3H3,(H,19,20,21). The molecule has 0 radical (unpaired) electrons. The van der Waals surface area contributed by atoms with Gasteiger partial charge in [-0.05, 0) is 37.0 Å². The molecule has 2 aromatic heterocycles. The van der Waals surface area contributed by atoms with E-state index in [9.17, 15) is 0 Å². The monoisotopic (exact) mass is 299 g/mol. The van der Waals surface area contributed by atoms with E-state index in [1.54, 1.807) is 0 Å². The summed E-state index contributed by atoms with van der Waals surface area (Å²) in [5.41, 5.74) is 3.67. The van der Waals surface area contributed by atoms with Gasteiger partial charge in [-0.25, -0.2) is 4.98 Å². The van der Waals surface area contributed by atoms with Gasteiger partial charge >= 0.3 is 0 Å². The van der Waals surface area contributed by atoms with E-state index in [1.165, 1.54) is 17.7 Å². The molecular weight excluding hydrogens is 278 g/mol. The Bertz CT molecular complexity index is 712. The molecule has 0 aliphatic heterocycles. The van der Waals surface area contributed by atoms with E-state index in [1.807, 2.05) is 18.3 Å². The van der Waals surface area contributed by atoms with Gasteiger partial charge in [0, 0.05) is 23.2 Å². The molecule has 0 fully saturated rings. The molecule has 0 bridgehead atoms. The van der Waals surface area contributed by atoms with Crippen LogP contribution in [0.25, 0.3) is 0 Å². The van der Waals surface area contributed by atoms with Gasteiger partial charge in [0.1, 0.15) is 10.5 Å². The molecule has 110 valence electrons. The van der Waals surface area contributed by atoms with Gasteiger partial charge in [-0.2, -0.15) is 0 Å². The zero-order valence-electron chi connectivity index (χ0n) is 12.8. The highest BCUT2D eigenvalue weighted by Crippen LogP contribution is 2.34. The Labute approximate surface area is 130 Å². The molecule has 1 unspecified atom stereocenters. The van der Waals surface area contributed by atoms with Gasteiger partial charge in [0.05, 0.1) is 5.69 Å². The normalized spacial score (nSPS) is 18.3. The van der Waals surface area contributed by atoms with Crippen LogP contribution < -0.4 is 0 Å². The molecule has 1 aliphatic carbocycles. The topological polar surface area (TPSA) is 41.6 Å².